The Balaban J connectivity index is 0.000000956. The van der Waals surface area contributed by atoms with Gasteiger partial charge in [-0.05, 0) is 56.0 Å². The lowest BCUT2D eigenvalue weighted by Gasteiger charge is -2.44. The lowest BCUT2D eigenvalue weighted by Crippen LogP contribution is -2.56. The van der Waals surface area contributed by atoms with E-state index in [-0.39, 0.29) is 18.1 Å². The molecule has 0 unspecified atom stereocenters. The van der Waals surface area contributed by atoms with Gasteiger partial charge in [0.25, 0.3) is 0 Å². The van der Waals surface area contributed by atoms with Crippen LogP contribution < -0.4 is 5.32 Å². The van der Waals surface area contributed by atoms with E-state index in [1.54, 1.807) is 4.90 Å². The number of aliphatic hydroxyl groups is 2. The molecule has 1 amide bonds. The molecule has 2 aromatic rings. The van der Waals surface area contributed by atoms with E-state index < -0.39 is 11.7 Å². The number of β-amino-alcohol motifs (C(OH)–C–C–N with tert-alkyl or cyclic N) is 1. The Morgan fingerprint density at radius 1 is 0.921 bits per heavy atom. The molecule has 210 valence electrons. The minimum Gasteiger partial charge on any atom is -0.445 e. The van der Waals surface area contributed by atoms with Crippen LogP contribution in [0.1, 0.15) is 64.5 Å². The molecule has 3 heterocycles. The van der Waals surface area contributed by atoms with E-state index in [0.717, 1.165) is 38.0 Å². The molecule has 0 aromatic heterocycles. The van der Waals surface area contributed by atoms with Crippen LogP contribution in [0.25, 0.3) is 0 Å². The van der Waals surface area contributed by atoms with Gasteiger partial charge < -0.3 is 30.1 Å². The van der Waals surface area contributed by atoms with Gasteiger partial charge in [-0.25, -0.2) is 4.79 Å². The molecular weight excluding hydrogens is 478 g/mol. The summed E-state index contributed by atoms with van der Waals surface area (Å²) in [6, 6.07) is 18.2. The summed E-state index contributed by atoms with van der Waals surface area (Å²) in [5, 5.41) is 25.6. The van der Waals surface area contributed by atoms with Crippen LogP contribution in [0.3, 0.4) is 0 Å². The smallest absolute Gasteiger partial charge is 0.410 e. The van der Waals surface area contributed by atoms with Crippen molar-refractivity contribution in [1.82, 2.24) is 9.80 Å². The van der Waals surface area contributed by atoms with Gasteiger partial charge in [0.2, 0.25) is 0 Å². The van der Waals surface area contributed by atoms with Crippen molar-refractivity contribution in [3.63, 3.8) is 0 Å². The fraction of sp³-hybridized carbons (Fsp3) is 0.581. The van der Waals surface area contributed by atoms with Crippen LogP contribution in [0.4, 0.5) is 10.5 Å². The SMILES string of the molecule is CC.CC.O=C(OCc1ccccc1)N1CCC(O)([C@H](O)CN2CCC3(CC2)CNc2ccccc23)CC1. The van der Waals surface area contributed by atoms with Crippen molar-refractivity contribution in [2.24, 2.45) is 0 Å². The molecule has 2 fully saturated rings. The Labute approximate surface area is 228 Å². The predicted molar refractivity (Wildman–Crippen MR) is 153 cm³/mol. The average Bonchev–Trinajstić information content (AvgIpc) is 3.34. The van der Waals surface area contributed by atoms with Gasteiger partial charge in [-0.15, -0.1) is 0 Å². The van der Waals surface area contributed by atoms with Gasteiger partial charge in [0.15, 0.2) is 0 Å². The minimum atomic E-state index is -1.17. The van der Waals surface area contributed by atoms with Gasteiger partial charge in [0, 0.05) is 37.3 Å². The molecule has 0 radical (unpaired) electrons. The number of hydrogen-bond donors (Lipinski definition) is 3. The van der Waals surface area contributed by atoms with E-state index in [9.17, 15) is 15.0 Å². The number of nitrogens with one attached hydrogen (secondary N) is 1. The summed E-state index contributed by atoms with van der Waals surface area (Å²) in [6.45, 7) is 12.2. The summed E-state index contributed by atoms with van der Waals surface area (Å²) >= 11 is 0. The van der Waals surface area contributed by atoms with Crippen LogP contribution in [0.5, 0.6) is 0 Å². The number of likely N-dealkylation sites (tertiary alicyclic amines) is 2. The van der Waals surface area contributed by atoms with Crippen LogP contribution in [-0.2, 0) is 16.8 Å². The largest absolute Gasteiger partial charge is 0.445 e. The molecule has 0 saturated carbocycles. The molecule has 3 N–H and O–H groups in total. The highest BCUT2D eigenvalue weighted by molar-refractivity contribution is 5.67. The monoisotopic (exact) mass is 525 g/mol. The van der Waals surface area contributed by atoms with Crippen molar-refractivity contribution >= 4 is 11.8 Å². The second-order valence-electron chi connectivity index (χ2n) is 10.1. The summed E-state index contributed by atoms with van der Waals surface area (Å²) in [4.78, 5) is 16.3. The van der Waals surface area contributed by atoms with Crippen LogP contribution in [0.15, 0.2) is 54.6 Å². The van der Waals surface area contributed by atoms with Crippen molar-refractivity contribution in [2.45, 2.75) is 77.1 Å². The van der Waals surface area contributed by atoms with Crippen LogP contribution >= 0.6 is 0 Å². The van der Waals surface area contributed by atoms with Crippen LogP contribution in [0.2, 0.25) is 0 Å². The Morgan fingerprint density at radius 3 is 2.18 bits per heavy atom. The molecule has 0 bridgehead atoms. The first-order valence-corrected chi connectivity index (χ1v) is 14.4. The molecule has 5 rings (SSSR count). The second kappa shape index (κ2) is 14.0. The topological polar surface area (TPSA) is 85.3 Å². The molecule has 38 heavy (non-hydrogen) atoms. The first-order chi connectivity index (χ1) is 18.5. The highest BCUT2D eigenvalue weighted by Gasteiger charge is 2.44. The third kappa shape index (κ3) is 6.87. The number of hydrogen-bond acceptors (Lipinski definition) is 6. The summed E-state index contributed by atoms with van der Waals surface area (Å²) < 4.78 is 5.42. The summed E-state index contributed by atoms with van der Waals surface area (Å²) in [5.41, 5.74) is 2.62. The van der Waals surface area contributed by atoms with Gasteiger partial charge in [-0.3, -0.25) is 0 Å². The average molecular weight is 526 g/mol. The van der Waals surface area contributed by atoms with Gasteiger partial charge in [-0.1, -0.05) is 76.2 Å². The number of nitrogens with zero attached hydrogens (tertiary/aromatic N) is 2. The highest BCUT2D eigenvalue weighted by atomic mass is 16.6. The zero-order valence-corrected chi connectivity index (χ0v) is 23.7. The van der Waals surface area contributed by atoms with Crippen molar-refractivity contribution in [3.05, 3.63) is 65.7 Å². The van der Waals surface area contributed by atoms with E-state index in [0.29, 0.717) is 32.5 Å². The zero-order chi connectivity index (χ0) is 27.6. The van der Waals surface area contributed by atoms with Crippen LogP contribution in [-0.4, -0.2) is 77.1 Å². The number of piperidine rings is 2. The fourth-order valence-electron chi connectivity index (χ4n) is 5.70. The molecule has 1 spiro atoms. The summed E-state index contributed by atoms with van der Waals surface area (Å²) in [7, 11) is 0. The zero-order valence-electron chi connectivity index (χ0n) is 23.7. The quantitative estimate of drug-likeness (QED) is 0.508. The number of benzene rings is 2. The molecule has 2 aromatic carbocycles. The van der Waals surface area contributed by atoms with Crippen molar-refractivity contribution in [1.29, 1.82) is 0 Å². The molecule has 2 saturated heterocycles. The first kappa shape index (κ1) is 29.9. The molecule has 7 nitrogen and oxygen atoms in total. The second-order valence-corrected chi connectivity index (χ2v) is 10.1. The van der Waals surface area contributed by atoms with E-state index in [4.69, 9.17) is 4.74 Å². The normalized spacial score (nSPS) is 20.1. The Kier molecular flexibility index (Phi) is 11.0. The maximum atomic E-state index is 12.4. The number of aliphatic hydroxyl groups excluding tert-OH is 1. The van der Waals surface area contributed by atoms with Gasteiger partial charge in [0.05, 0.1) is 11.7 Å². The maximum Gasteiger partial charge on any atom is 0.410 e. The van der Waals surface area contributed by atoms with E-state index in [1.807, 2.05) is 58.0 Å². The van der Waals surface area contributed by atoms with Crippen molar-refractivity contribution < 1.29 is 19.7 Å². The Bertz CT molecular complexity index is 984. The Morgan fingerprint density at radius 2 is 1.53 bits per heavy atom. The number of ether oxygens (including phenoxy) is 1. The summed E-state index contributed by atoms with van der Waals surface area (Å²) in [5.74, 6) is 0. The van der Waals surface area contributed by atoms with Crippen LogP contribution in [0, 0.1) is 0 Å². The minimum absolute atomic E-state index is 0.181. The van der Waals surface area contributed by atoms with Gasteiger partial charge in [0.1, 0.15) is 6.61 Å². The van der Waals surface area contributed by atoms with Gasteiger partial charge in [-0.2, -0.15) is 0 Å². The number of fused-ring (bicyclic) bond motifs is 2. The van der Waals surface area contributed by atoms with E-state index in [1.165, 1.54) is 11.3 Å². The van der Waals surface area contributed by atoms with Crippen molar-refractivity contribution in [2.75, 3.05) is 44.6 Å². The number of amides is 1. The lowest BCUT2D eigenvalue weighted by molar-refractivity contribution is -0.116. The first-order valence-electron chi connectivity index (χ1n) is 14.4. The van der Waals surface area contributed by atoms with Gasteiger partial charge >= 0.3 is 6.09 Å². The highest BCUT2D eigenvalue weighted by Crippen LogP contribution is 2.44. The molecule has 0 aliphatic carbocycles. The molecular formula is C31H47N3O4. The maximum absolute atomic E-state index is 12.4. The predicted octanol–water partition coefficient (Wildman–Crippen LogP) is 5.02. The van der Waals surface area contributed by atoms with E-state index >= 15 is 0 Å². The number of para-hydroxylation sites is 1. The third-order valence-electron chi connectivity index (χ3n) is 8.07. The van der Waals surface area contributed by atoms with E-state index in [2.05, 4.69) is 34.5 Å². The fourth-order valence-corrected chi connectivity index (χ4v) is 5.70. The number of carbonyl (C=O) groups is 1. The number of anilines is 1. The number of rotatable bonds is 5. The summed E-state index contributed by atoms with van der Waals surface area (Å²) in [6.07, 6.45) is 1.59. The standard InChI is InChI=1S/C27H35N3O4.2C2H6/c31-24(18-29-14-10-26(11-15-29)20-28-23-9-5-4-8-22(23)26)27(33)12-16-30(17-13-27)25(32)34-19-21-6-2-1-3-7-21;2*1-2/h1-9,24,28,31,33H,10-20H2;2*1-2H3/t24-;;/m1../s1. The molecule has 7 heteroatoms. The number of carbonyl (C=O) groups excluding carboxylic acids is 1. The lowest BCUT2D eigenvalue weighted by atomic mass is 9.74. The Hall–Kier alpha value is -2.61. The third-order valence-corrected chi connectivity index (χ3v) is 8.07. The molecule has 3 aliphatic rings. The van der Waals surface area contributed by atoms with Crippen molar-refractivity contribution in [3.8, 4) is 0 Å². The molecule has 3 aliphatic heterocycles. The molecule has 1 atom stereocenters.